The Morgan fingerprint density at radius 2 is 1.89 bits per heavy atom. The predicted molar refractivity (Wildman–Crippen MR) is 62.4 cm³/mol. The van der Waals surface area contributed by atoms with E-state index in [4.69, 9.17) is 11.3 Å². The molecule has 1 saturated heterocycles. The molecule has 0 aromatic rings. The van der Waals surface area contributed by atoms with Gasteiger partial charge in [-0.2, -0.15) is 0 Å². The summed E-state index contributed by atoms with van der Waals surface area (Å²) in [6.07, 6.45) is -3.19. The predicted octanol–water partition coefficient (Wildman–Crippen LogP) is 2.94. The Hall–Kier alpha value is -1.38. The molecule has 0 aromatic heterocycles. The molecule has 0 aromatic carbocycles. The van der Waals surface area contributed by atoms with Gasteiger partial charge in [0, 0.05) is 25.9 Å². The average Bonchev–Trinajstić information content (AvgIpc) is 2.26. The van der Waals surface area contributed by atoms with Crippen molar-refractivity contribution in [2.75, 3.05) is 13.1 Å². The molecule has 1 rings (SSSR count). The van der Waals surface area contributed by atoms with Gasteiger partial charge in [0.05, 0.1) is 0 Å². The molecular formula is C12H18F2N2O2. The number of carbonyl (C=O) groups excluding carboxylic acids is 1. The Labute approximate surface area is 106 Å². The van der Waals surface area contributed by atoms with Crippen molar-refractivity contribution in [1.82, 2.24) is 4.90 Å². The van der Waals surface area contributed by atoms with E-state index >= 15 is 0 Å². The van der Waals surface area contributed by atoms with E-state index in [-0.39, 0.29) is 25.9 Å². The molecule has 1 heterocycles. The SMILES string of the molecule is [C-]#[N+]C1(C(F)F)CCN(C(=O)OC(C)(C)C)CC1. The summed E-state index contributed by atoms with van der Waals surface area (Å²) in [7, 11) is 0. The van der Waals surface area contributed by atoms with E-state index in [1.54, 1.807) is 20.8 Å². The molecule has 0 aliphatic carbocycles. The zero-order valence-corrected chi connectivity index (χ0v) is 10.9. The van der Waals surface area contributed by atoms with E-state index in [0.29, 0.717) is 0 Å². The van der Waals surface area contributed by atoms with E-state index in [1.165, 1.54) is 4.90 Å². The van der Waals surface area contributed by atoms with Crippen LogP contribution in [0.5, 0.6) is 0 Å². The van der Waals surface area contributed by atoms with Gasteiger partial charge in [-0.1, -0.05) is 0 Å². The van der Waals surface area contributed by atoms with E-state index < -0.39 is 23.7 Å². The second-order valence-electron chi connectivity index (χ2n) is 5.48. The van der Waals surface area contributed by atoms with E-state index in [9.17, 15) is 13.6 Å². The van der Waals surface area contributed by atoms with Crippen LogP contribution in [0.1, 0.15) is 33.6 Å². The molecular weight excluding hydrogens is 242 g/mol. The molecule has 0 spiro atoms. The zero-order chi connectivity index (χ0) is 14.0. The van der Waals surface area contributed by atoms with E-state index in [2.05, 4.69) is 4.85 Å². The van der Waals surface area contributed by atoms with Crippen LogP contribution in [0.4, 0.5) is 13.6 Å². The van der Waals surface area contributed by atoms with Gasteiger partial charge >= 0.3 is 12.5 Å². The highest BCUT2D eigenvalue weighted by molar-refractivity contribution is 5.68. The fraction of sp³-hybridized carbons (Fsp3) is 0.833. The van der Waals surface area contributed by atoms with E-state index in [1.807, 2.05) is 0 Å². The van der Waals surface area contributed by atoms with Crippen LogP contribution >= 0.6 is 0 Å². The van der Waals surface area contributed by atoms with Crippen LogP contribution in [0.15, 0.2) is 0 Å². The van der Waals surface area contributed by atoms with Crippen LogP contribution in [-0.2, 0) is 4.74 Å². The number of carbonyl (C=O) groups is 1. The molecule has 0 saturated carbocycles. The Kier molecular flexibility index (Phi) is 4.15. The Morgan fingerprint density at radius 3 is 2.22 bits per heavy atom. The number of ether oxygens (including phenoxy) is 1. The van der Waals surface area contributed by atoms with Gasteiger partial charge in [-0.15, -0.1) is 0 Å². The molecule has 102 valence electrons. The van der Waals surface area contributed by atoms with Gasteiger partial charge in [0.2, 0.25) is 0 Å². The van der Waals surface area contributed by atoms with Gasteiger partial charge in [-0.05, 0) is 20.8 Å². The van der Waals surface area contributed by atoms with Crippen LogP contribution < -0.4 is 0 Å². The molecule has 4 nitrogen and oxygen atoms in total. The molecule has 0 N–H and O–H groups in total. The quantitative estimate of drug-likeness (QED) is 0.679. The molecule has 0 atom stereocenters. The summed E-state index contributed by atoms with van der Waals surface area (Å²) in [4.78, 5) is 16.2. The highest BCUT2D eigenvalue weighted by Crippen LogP contribution is 2.33. The smallest absolute Gasteiger partial charge is 0.410 e. The maximum absolute atomic E-state index is 12.8. The standard InChI is InChI=1S/C12H18F2N2O2/c1-11(2,3)18-10(17)16-7-5-12(15-4,6-8-16)9(13)14/h9H,5-8H2,1-3H3. The lowest BCUT2D eigenvalue weighted by atomic mass is 9.89. The van der Waals surface area contributed by atoms with Crippen molar-refractivity contribution in [2.24, 2.45) is 0 Å². The molecule has 0 radical (unpaired) electrons. The lowest BCUT2D eigenvalue weighted by Crippen LogP contribution is -2.49. The molecule has 1 fully saturated rings. The normalized spacial score (nSPS) is 19.5. The van der Waals surface area contributed by atoms with Crippen molar-refractivity contribution in [3.05, 3.63) is 11.4 Å². The topological polar surface area (TPSA) is 33.9 Å². The average molecular weight is 260 g/mol. The van der Waals surface area contributed by atoms with Crippen LogP contribution in [0.2, 0.25) is 0 Å². The van der Waals surface area contributed by atoms with Gasteiger partial charge in [0.15, 0.2) is 0 Å². The van der Waals surface area contributed by atoms with Crippen molar-refractivity contribution in [3.63, 3.8) is 0 Å². The van der Waals surface area contributed by atoms with Crippen LogP contribution in [0, 0.1) is 6.57 Å². The summed E-state index contributed by atoms with van der Waals surface area (Å²) < 4.78 is 30.8. The number of likely N-dealkylation sites (tertiary alicyclic amines) is 1. The van der Waals surface area contributed by atoms with Crippen LogP contribution in [-0.4, -0.2) is 41.6 Å². The second-order valence-corrected chi connectivity index (χ2v) is 5.48. The van der Waals surface area contributed by atoms with E-state index in [0.717, 1.165) is 0 Å². The summed E-state index contributed by atoms with van der Waals surface area (Å²) in [5.74, 6) is 0. The Bertz CT molecular complexity index is 350. The first-order valence-electron chi connectivity index (χ1n) is 5.85. The third kappa shape index (κ3) is 3.31. The number of halogens is 2. The fourth-order valence-electron chi connectivity index (χ4n) is 1.78. The summed E-state index contributed by atoms with van der Waals surface area (Å²) in [6, 6.07) is 0. The van der Waals surface area contributed by atoms with Crippen molar-refractivity contribution < 1.29 is 18.3 Å². The minimum Gasteiger partial charge on any atom is -0.444 e. The first-order valence-corrected chi connectivity index (χ1v) is 5.85. The lowest BCUT2D eigenvalue weighted by molar-refractivity contribution is 0.00107. The summed E-state index contributed by atoms with van der Waals surface area (Å²) in [6.45, 7) is 12.4. The molecule has 1 aliphatic heterocycles. The highest BCUT2D eigenvalue weighted by atomic mass is 19.3. The minimum atomic E-state index is -2.67. The highest BCUT2D eigenvalue weighted by Gasteiger charge is 2.50. The largest absolute Gasteiger partial charge is 0.444 e. The summed E-state index contributed by atoms with van der Waals surface area (Å²) >= 11 is 0. The minimum absolute atomic E-state index is 0.00654. The van der Waals surface area contributed by atoms with Crippen LogP contribution in [0.3, 0.4) is 0 Å². The maximum atomic E-state index is 12.8. The molecule has 6 heteroatoms. The number of piperidine rings is 1. The van der Waals surface area contributed by atoms with Crippen LogP contribution in [0.25, 0.3) is 4.85 Å². The number of hydrogen-bond donors (Lipinski definition) is 0. The number of nitrogens with zero attached hydrogens (tertiary/aromatic N) is 2. The Morgan fingerprint density at radius 1 is 1.39 bits per heavy atom. The molecule has 1 aliphatic rings. The zero-order valence-electron chi connectivity index (χ0n) is 10.9. The van der Waals surface area contributed by atoms with Crippen molar-refractivity contribution >= 4 is 6.09 Å². The molecule has 18 heavy (non-hydrogen) atoms. The second kappa shape index (κ2) is 5.09. The fourth-order valence-corrected chi connectivity index (χ4v) is 1.78. The molecule has 0 bridgehead atoms. The summed E-state index contributed by atoms with van der Waals surface area (Å²) in [5.41, 5.74) is -2.23. The van der Waals surface area contributed by atoms with Gasteiger partial charge in [0.25, 0.3) is 5.54 Å². The van der Waals surface area contributed by atoms with Gasteiger partial charge < -0.3 is 14.5 Å². The van der Waals surface area contributed by atoms with Crippen molar-refractivity contribution in [2.45, 2.75) is 51.2 Å². The summed E-state index contributed by atoms with van der Waals surface area (Å²) in [5, 5.41) is 0. The van der Waals surface area contributed by atoms with Crippen molar-refractivity contribution in [1.29, 1.82) is 0 Å². The van der Waals surface area contributed by atoms with Gasteiger partial charge in [-0.25, -0.2) is 20.1 Å². The number of alkyl halides is 2. The maximum Gasteiger partial charge on any atom is 0.410 e. The monoisotopic (exact) mass is 260 g/mol. The van der Waals surface area contributed by atoms with Gasteiger partial charge in [-0.3, -0.25) is 0 Å². The van der Waals surface area contributed by atoms with Gasteiger partial charge in [0.1, 0.15) is 5.60 Å². The first-order chi connectivity index (χ1) is 8.20. The lowest BCUT2D eigenvalue weighted by Gasteiger charge is -2.34. The molecule has 0 unspecified atom stereocenters. The van der Waals surface area contributed by atoms with Crippen molar-refractivity contribution in [3.8, 4) is 0 Å². The third-order valence-corrected chi connectivity index (χ3v) is 2.91. The number of rotatable bonds is 1. The first kappa shape index (κ1) is 14.7. The number of hydrogen-bond acceptors (Lipinski definition) is 2. The third-order valence-electron chi connectivity index (χ3n) is 2.91. The molecule has 1 amide bonds. The number of amides is 1. The Balaban J connectivity index is 2.59.